The van der Waals surface area contributed by atoms with Crippen molar-refractivity contribution >= 4 is 5.91 Å². The highest BCUT2D eigenvalue weighted by molar-refractivity contribution is 5.93. The number of aryl methyl sites for hydroxylation is 2. The lowest BCUT2D eigenvalue weighted by molar-refractivity contribution is 0.00546. The van der Waals surface area contributed by atoms with Crippen LogP contribution in [0.25, 0.3) is 0 Å². The molecule has 5 nitrogen and oxygen atoms in total. The lowest BCUT2D eigenvalue weighted by atomic mass is 10.1. The van der Waals surface area contributed by atoms with E-state index in [-0.39, 0.29) is 12.0 Å². The molecule has 76 valence electrons. The number of aromatic nitrogens is 2. The van der Waals surface area contributed by atoms with Crippen molar-refractivity contribution in [1.82, 2.24) is 14.7 Å². The van der Waals surface area contributed by atoms with Crippen LogP contribution in [-0.2, 0) is 7.05 Å². The largest absolute Gasteiger partial charge is 0.389 e. The first-order valence-corrected chi connectivity index (χ1v) is 4.56. The van der Waals surface area contributed by atoms with E-state index >= 15 is 0 Å². The Labute approximate surface area is 81.9 Å². The predicted molar refractivity (Wildman–Crippen MR) is 49.9 cm³/mol. The topological polar surface area (TPSA) is 58.4 Å². The molecule has 1 N–H and O–H groups in total. The number of hydrogen-bond donors (Lipinski definition) is 1. The number of carbonyl (C=O) groups is 1. The van der Waals surface area contributed by atoms with Crippen molar-refractivity contribution < 1.29 is 9.90 Å². The van der Waals surface area contributed by atoms with E-state index in [2.05, 4.69) is 5.10 Å². The Balaban J connectivity index is 2.12. The first-order valence-electron chi connectivity index (χ1n) is 4.56. The second-order valence-electron chi connectivity index (χ2n) is 3.66. The standard InChI is InChI=1S/C9H13N3O2/c1-6-3-8(10-11(6)2)9(14)12-4-7(13)5-12/h3,7,13H,4-5H2,1-2H3. The maximum Gasteiger partial charge on any atom is 0.274 e. The number of rotatable bonds is 1. The minimum Gasteiger partial charge on any atom is -0.389 e. The molecular weight excluding hydrogens is 182 g/mol. The van der Waals surface area contributed by atoms with Crippen LogP contribution in [0.2, 0.25) is 0 Å². The molecule has 0 saturated carbocycles. The zero-order chi connectivity index (χ0) is 10.3. The van der Waals surface area contributed by atoms with Gasteiger partial charge in [-0.1, -0.05) is 0 Å². The van der Waals surface area contributed by atoms with Gasteiger partial charge in [-0.15, -0.1) is 0 Å². The number of carbonyl (C=O) groups excluding carboxylic acids is 1. The van der Waals surface area contributed by atoms with E-state index in [1.54, 1.807) is 22.7 Å². The van der Waals surface area contributed by atoms with Crippen molar-refractivity contribution in [3.63, 3.8) is 0 Å². The van der Waals surface area contributed by atoms with Crippen LogP contribution in [0.4, 0.5) is 0 Å². The van der Waals surface area contributed by atoms with Crippen LogP contribution in [-0.4, -0.2) is 44.9 Å². The van der Waals surface area contributed by atoms with Crippen LogP contribution in [0.5, 0.6) is 0 Å². The summed E-state index contributed by atoms with van der Waals surface area (Å²) in [6.45, 7) is 2.75. The summed E-state index contributed by atoms with van der Waals surface area (Å²) in [6, 6.07) is 1.76. The Kier molecular flexibility index (Phi) is 2.03. The Morgan fingerprint density at radius 3 is 2.71 bits per heavy atom. The summed E-state index contributed by atoms with van der Waals surface area (Å²) in [5.74, 6) is -0.0981. The SMILES string of the molecule is Cc1cc(C(=O)N2CC(O)C2)nn1C. The van der Waals surface area contributed by atoms with Crippen molar-refractivity contribution in [3.05, 3.63) is 17.5 Å². The van der Waals surface area contributed by atoms with Crippen LogP contribution in [0.15, 0.2) is 6.07 Å². The quantitative estimate of drug-likeness (QED) is 0.660. The summed E-state index contributed by atoms with van der Waals surface area (Å²) in [6.07, 6.45) is -0.358. The molecular formula is C9H13N3O2. The summed E-state index contributed by atoms with van der Waals surface area (Å²) in [7, 11) is 1.80. The lowest BCUT2D eigenvalue weighted by Gasteiger charge is -2.35. The van der Waals surface area contributed by atoms with Gasteiger partial charge in [-0.25, -0.2) is 0 Å². The average Bonchev–Trinajstić information content (AvgIpc) is 2.41. The van der Waals surface area contributed by atoms with Crippen LogP contribution >= 0.6 is 0 Å². The van der Waals surface area contributed by atoms with Crippen LogP contribution < -0.4 is 0 Å². The number of β-amino-alcohol motifs (C(OH)–C–C–N with tert-alkyl or cyclic N) is 1. The highest BCUT2D eigenvalue weighted by atomic mass is 16.3. The van der Waals surface area contributed by atoms with Crippen molar-refractivity contribution in [2.75, 3.05) is 13.1 Å². The predicted octanol–water partition coefficient (Wildman–Crippen LogP) is -0.455. The third-order valence-corrected chi connectivity index (χ3v) is 2.48. The van der Waals surface area contributed by atoms with Gasteiger partial charge in [0.2, 0.25) is 0 Å². The zero-order valence-electron chi connectivity index (χ0n) is 8.27. The van der Waals surface area contributed by atoms with Gasteiger partial charge in [-0.3, -0.25) is 9.48 Å². The van der Waals surface area contributed by atoms with E-state index in [1.807, 2.05) is 6.92 Å². The van der Waals surface area contributed by atoms with Gasteiger partial charge >= 0.3 is 0 Å². The highest BCUT2D eigenvalue weighted by Gasteiger charge is 2.30. The third kappa shape index (κ3) is 1.39. The minimum atomic E-state index is -0.358. The molecule has 0 aromatic carbocycles. The zero-order valence-corrected chi connectivity index (χ0v) is 8.27. The Morgan fingerprint density at radius 1 is 1.64 bits per heavy atom. The van der Waals surface area contributed by atoms with Gasteiger partial charge in [0.05, 0.1) is 6.10 Å². The van der Waals surface area contributed by atoms with E-state index in [1.165, 1.54) is 0 Å². The summed E-state index contributed by atoms with van der Waals surface area (Å²) in [5, 5.41) is 13.1. The number of likely N-dealkylation sites (tertiary alicyclic amines) is 1. The van der Waals surface area contributed by atoms with Crippen molar-refractivity contribution in [3.8, 4) is 0 Å². The van der Waals surface area contributed by atoms with Gasteiger partial charge in [0.1, 0.15) is 0 Å². The van der Waals surface area contributed by atoms with Gasteiger partial charge in [0, 0.05) is 25.8 Å². The number of hydrogen-bond acceptors (Lipinski definition) is 3. The van der Waals surface area contributed by atoms with Crippen molar-refractivity contribution in [1.29, 1.82) is 0 Å². The maximum atomic E-state index is 11.7. The smallest absolute Gasteiger partial charge is 0.274 e. The minimum absolute atomic E-state index is 0.0981. The molecule has 1 fully saturated rings. The maximum absolute atomic E-state index is 11.7. The van der Waals surface area contributed by atoms with Crippen molar-refractivity contribution in [2.24, 2.45) is 7.05 Å². The Hall–Kier alpha value is -1.36. The van der Waals surface area contributed by atoms with E-state index < -0.39 is 0 Å². The molecule has 5 heteroatoms. The normalized spacial score (nSPS) is 16.9. The van der Waals surface area contributed by atoms with Gasteiger partial charge < -0.3 is 10.0 Å². The van der Waals surface area contributed by atoms with Gasteiger partial charge in [-0.2, -0.15) is 5.10 Å². The molecule has 0 spiro atoms. The first-order chi connectivity index (χ1) is 6.58. The van der Waals surface area contributed by atoms with Crippen molar-refractivity contribution in [2.45, 2.75) is 13.0 Å². The van der Waals surface area contributed by atoms with E-state index in [0.29, 0.717) is 18.8 Å². The van der Waals surface area contributed by atoms with Gasteiger partial charge in [0.15, 0.2) is 5.69 Å². The molecule has 2 rings (SSSR count). The molecule has 0 bridgehead atoms. The molecule has 1 aromatic heterocycles. The second-order valence-corrected chi connectivity index (χ2v) is 3.66. The number of amides is 1. The molecule has 1 amide bonds. The molecule has 2 heterocycles. The lowest BCUT2D eigenvalue weighted by Crippen LogP contribution is -2.53. The fourth-order valence-corrected chi connectivity index (χ4v) is 1.45. The van der Waals surface area contributed by atoms with Crippen LogP contribution in [0.3, 0.4) is 0 Å². The number of aliphatic hydroxyl groups excluding tert-OH is 1. The molecule has 0 radical (unpaired) electrons. The fraction of sp³-hybridized carbons (Fsp3) is 0.556. The molecule has 1 aromatic rings. The molecule has 14 heavy (non-hydrogen) atoms. The van der Waals surface area contributed by atoms with E-state index in [9.17, 15) is 4.79 Å². The Morgan fingerprint density at radius 2 is 2.29 bits per heavy atom. The molecule has 0 aliphatic carbocycles. The van der Waals surface area contributed by atoms with Gasteiger partial charge in [0.25, 0.3) is 5.91 Å². The molecule has 1 saturated heterocycles. The molecule has 1 aliphatic rings. The van der Waals surface area contributed by atoms with Gasteiger partial charge in [-0.05, 0) is 13.0 Å². The molecule has 0 unspecified atom stereocenters. The van der Waals surface area contributed by atoms with E-state index in [4.69, 9.17) is 5.11 Å². The number of aliphatic hydroxyl groups is 1. The Bertz CT molecular complexity index is 347. The van der Waals surface area contributed by atoms with Crippen LogP contribution in [0.1, 0.15) is 16.2 Å². The molecule has 1 aliphatic heterocycles. The fourth-order valence-electron chi connectivity index (χ4n) is 1.45. The van der Waals surface area contributed by atoms with Crippen LogP contribution in [0, 0.1) is 6.92 Å². The van der Waals surface area contributed by atoms with E-state index in [0.717, 1.165) is 5.69 Å². The summed E-state index contributed by atoms with van der Waals surface area (Å²) in [5.41, 5.74) is 1.41. The number of nitrogens with zero attached hydrogens (tertiary/aromatic N) is 3. The molecule has 0 atom stereocenters. The monoisotopic (exact) mass is 195 g/mol. The summed E-state index contributed by atoms with van der Waals surface area (Å²) in [4.78, 5) is 13.3. The first kappa shape index (κ1) is 9.21. The third-order valence-electron chi connectivity index (χ3n) is 2.48. The summed E-state index contributed by atoms with van der Waals surface area (Å²) < 4.78 is 1.67. The highest BCUT2D eigenvalue weighted by Crippen LogP contribution is 2.12. The second kappa shape index (κ2) is 3.09. The summed E-state index contributed by atoms with van der Waals surface area (Å²) >= 11 is 0. The average molecular weight is 195 g/mol.